The lowest BCUT2D eigenvalue weighted by Crippen LogP contribution is -2.28. The minimum Gasteiger partial charge on any atom is -0.497 e. The number of nitrogens with one attached hydrogen (secondary N) is 1. The Labute approximate surface area is 137 Å². The van der Waals surface area contributed by atoms with Gasteiger partial charge in [-0.25, -0.2) is 0 Å². The number of methoxy groups -OCH3 is 2. The Hall–Kier alpha value is -2.49. The van der Waals surface area contributed by atoms with Crippen LogP contribution in [-0.2, 0) is 0 Å². The Balaban J connectivity index is 2.21. The number of amides is 1. The van der Waals surface area contributed by atoms with Crippen LogP contribution < -0.4 is 14.8 Å². The Morgan fingerprint density at radius 3 is 2.09 bits per heavy atom. The molecule has 0 aliphatic rings. The number of carbonyl (C=O) groups excluding carboxylic acids is 1. The fourth-order valence-electron chi connectivity index (χ4n) is 2.40. The van der Waals surface area contributed by atoms with Crippen LogP contribution in [0.4, 0.5) is 0 Å². The predicted molar refractivity (Wildman–Crippen MR) is 91.2 cm³/mol. The van der Waals surface area contributed by atoms with E-state index >= 15 is 0 Å². The van der Waals surface area contributed by atoms with Crippen molar-refractivity contribution in [3.63, 3.8) is 0 Å². The molecule has 0 saturated carbocycles. The summed E-state index contributed by atoms with van der Waals surface area (Å²) >= 11 is 0. The SMILES string of the molecule is CC[C@@H](NC(=O)c1cc(OC)cc(OC)c1)c1ccc(C)cc1. The average Bonchev–Trinajstić information content (AvgIpc) is 2.59. The second-order valence-corrected chi connectivity index (χ2v) is 5.45. The number of rotatable bonds is 6. The van der Waals surface area contributed by atoms with E-state index in [4.69, 9.17) is 9.47 Å². The van der Waals surface area contributed by atoms with Crippen LogP contribution in [0.25, 0.3) is 0 Å². The van der Waals surface area contributed by atoms with Gasteiger partial charge in [0.25, 0.3) is 5.91 Å². The van der Waals surface area contributed by atoms with E-state index in [1.807, 2.05) is 6.92 Å². The third-order valence-electron chi connectivity index (χ3n) is 3.81. The summed E-state index contributed by atoms with van der Waals surface area (Å²) in [4.78, 5) is 12.6. The maximum Gasteiger partial charge on any atom is 0.252 e. The van der Waals surface area contributed by atoms with Gasteiger partial charge in [0.2, 0.25) is 0 Å². The van der Waals surface area contributed by atoms with Gasteiger partial charge >= 0.3 is 0 Å². The molecule has 23 heavy (non-hydrogen) atoms. The number of ether oxygens (including phenoxy) is 2. The molecule has 0 fully saturated rings. The van der Waals surface area contributed by atoms with Crippen LogP contribution >= 0.6 is 0 Å². The van der Waals surface area contributed by atoms with Crippen LogP contribution in [0.15, 0.2) is 42.5 Å². The lowest BCUT2D eigenvalue weighted by Gasteiger charge is -2.18. The van der Waals surface area contributed by atoms with Crippen LogP contribution in [0.3, 0.4) is 0 Å². The highest BCUT2D eigenvalue weighted by Gasteiger charge is 2.15. The fourth-order valence-corrected chi connectivity index (χ4v) is 2.40. The van der Waals surface area contributed by atoms with Crippen LogP contribution in [0.2, 0.25) is 0 Å². The van der Waals surface area contributed by atoms with Crippen LogP contribution in [0, 0.1) is 6.92 Å². The van der Waals surface area contributed by atoms with E-state index in [9.17, 15) is 4.79 Å². The zero-order chi connectivity index (χ0) is 16.8. The van der Waals surface area contributed by atoms with Crippen molar-refractivity contribution in [3.8, 4) is 11.5 Å². The third-order valence-corrected chi connectivity index (χ3v) is 3.81. The van der Waals surface area contributed by atoms with Gasteiger partial charge in [0.05, 0.1) is 20.3 Å². The van der Waals surface area contributed by atoms with Gasteiger partial charge in [0.1, 0.15) is 11.5 Å². The quantitative estimate of drug-likeness (QED) is 0.880. The first kappa shape index (κ1) is 16.9. The molecule has 0 bridgehead atoms. The van der Waals surface area contributed by atoms with Crippen molar-refractivity contribution in [3.05, 3.63) is 59.2 Å². The molecule has 2 aromatic carbocycles. The summed E-state index contributed by atoms with van der Waals surface area (Å²) in [5.41, 5.74) is 2.82. The van der Waals surface area contributed by atoms with E-state index in [1.165, 1.54) is 5.56 Å². The summed E-state index contributed by atoms with van der Waals surface area (Å²) in [7, 11) is 3.13. The third kappa shape index (κ3) is 4.25. The molecule has 0 radical (unpaired) electrons. The van der Waals surface area contributed by atoms with Gasteiger partial charge in [-0.2, -0.15) is 0 Å². The molecule has 1 N–H and O–H groups in total. The Kier molecular flexibility index (Phi) is 5.63. The van der Waals surface area contributed by atoms with Crippen molar-refractivity contribution in [2.45, 2.75) is 26.3 Å². The molecule has 4 nitrogen and oxygen atoms in total. The topological polar surface area (TPSA) is 47.6 Å². The zero-order valence-electron chi connectivity index (χ0n) is 14.1. The molecule has 4 heteroatoms. The van der Waals surface area contributed by atoms with E-state index < -0.39 is 0 Å². The molecular weight excluding hydrogens is 290 g/mol. The lowest BCUT2D eigenvalue weighted by atomic mass is 10.0. The zero-order valence-corrected chi connectivity index (χ0v) is 14.1. The first-order chi connectivity index (χ1) is 11.1. The van der Waals surface area contributed by atoms with Crippen molar-refractivity contribution in [2.75, 3.05) is 14.2 Å². The molecule has 0 heterocycles. The van der Waals surface area contributed by atoms with Crippen molar-refractivity contribution in [1.82, 2.24) is 5.32 Å². The summed E-state index contributed by atoms with van der Waals surface area (Å²) < 4.78 is 10.4. The van der Waals surface area contributed by atoms with E-state index in [1.54, 1.807) is 32.4 Å². The predicted octanol–water partition coefficient (Wildman–Crippen LogP) is 3.89. The van der Waals surface area contributed by atoms with Crippen molar-refractivity contribution in [1.29, 1.82) is 0 Å². The Morgan fingerprint density at radius 1 is 1.04 bits per heavy atom. The summed E-state index contributed by atoms with van der Waals surface area (Å²) in [6, 6.07) is 13.3. The van der Waals surface area contributed by atoms with Gasteiger partial charge in [-0.15, -0.1) is 0 Å². The molecule has 0 aliphatic heterocycles. The maximum atomic E-state index is 12.6. The lowest BCUT2D eigenvalue weighted by molar-refractivity contribution is 0.0935. The monoisotopic (exact) mass is 313 g/mol. The fraction of sp³-hybridized carbons (Fsp3) is 0.316. The van der Waals surface area contributed by atoms with Gasteiger partial charge in [0, 0.05) is 11.6 Å². The van der Waals surface area contributed by atoms with Crippen LogP contribution in [-0.4, -0.2) is 20.1 Å². The average molecular weight is 313 g/mol. The highest BCUT2D eigenvalue weighted by molar-refractivity contribution is 5.95. The molecule has 1 amide bonds. The van der Waals surface area contributed by atoms with Crippen molar-refractivity contribution in [2.24, 2.45) is 0 Å². The van der Waals surface area contributed by atoms with E-state index in [0.717, 1.165) is 12.0 Å². The number of hydrogen-bond donors (Lipinski definition) is 1. The van der Waals surface area contributed by atoms with Gasteiger partial charge < -0.3 is 14.8 Å². The van der Waals surface area contributed by atoms with E-state index in [0.29, 0.717) is 17.1 Å². The van der Waals surface area contributed by atoms with Gasteiger partial charge in [-0.05, 0) is 31.0 Å². The molecule has 0 saturated heterocycles. The first-order valence-electron chi connectivity index (χ1n) is 7.67. The molecular formula is C19H23NO3. The molecule has 0 aliphatic carbocycles. The number of aryl methyl sites for hydroxylation is 1. The molecule has 122 valence electrons. The summed E-state index contributed by atoms with van der Waals surface area (Å²) in [6.07, 6.45) is 0.815. The van der Waals surface area contributed by atoms with E-state index in [2.05, 4.69) is 36.5 Å². The molecule has 1 atom stereocenters. The number of hydrogen-bond acceptors (Lipinski definition) is 3. The molecule has 0 spiro atoms. The van der Waals surface area contributed by atoms with Crippen molar-refractivity contribution >= 4 is 5.91 Å². The molecule has 2 rings (SSSR count). The second-order valence-electron chi connectivity index (χ2n) is 5.45. The Bertz CT molecular complexity index is 643. The minimum absolute atomic E-state index is 0.0275. The van der Waals surface area contributed by atoms with E-state index in [-0.39, 0.29) is 11.9 Å². The van der Waals surface area contributed by atoms with Crippen molar-refractivity contribution < 1.29 is 14.3 Å². The number of carbonyl (C=O) groups is 1. The Morgan fingerprint density at radius 2 is 1.61 bits per heavy atom. The highest BCUT2D eigenvalue weighted by atomic mass is 16.5. The smallest absolute Gasteiger partial charge is 0.252 e. The summed E-state index contributed by atoms with van der Waals surface area (Å²) in [5, 5.41) is 3.07. The largest absolute Gasteiger partial charge is 0.497 e. The minimum atomic E-state index is -0.144. The normalized spacial score (nSPS) is 11.7. The summed E-state index contributed by atoms with van der Waals surface area (Å²) in [5.74, 6) is 1.05. The number of benzene rings is 2. The van der Waals surface area contributed by atoms with Gasteiger partial charge in [-0.3, -0.25) is 4.79 Å². The van der Waals surface area contributed by atoms with Crippen LogP contribution in [0.5, 0.6) is 11.5 Å². The summed E-state index contributed by atoms with van der Waals surface area (Å²) in [6.45, 7) is 4.10. The first-order valence-corrected chi connectivity index (χ1v) is 7.67. The van der Waals surface area contributed by atoms with Gasteiger partial charge in [0.15, 0.2) is 0 Å². The standard InChI is InChI=1S/C19H23NO3/c1-5-18(14-8-6-13(2)7-9-14)20-19(21)15-10-16(22-3)12-17(11-15)23-4/h6-12,18H,5H2,1-4H3,(H,20,21)/t18-/m1/s1. The van der Waals surface area contributed by atoms with Crippen LogP contribution in [0.1, 0.15) is 40.9 Å². The second kappa shape index (κ2) is 7.68. The molecule has 0 aromatic heterocycles. The molecule has 0 unspecified atom stereocenters. The maximum absolute atomic E-state index is 12.6. The highest BCUT2D eigenvalue weighted by Crippen LogP contribution is 2.24. The van der Waals surface area contributed by atoms with Gasteiger partial charge in [-0.1, -0.05) is 36.8 Å². The molecule has 2 aromatic rings.